The number of aryl methyl sites for hydroxylation is 1. The molecule has 4 rings (SSSR count). The summed E-state index contributed by atoms with van der Waals surface area (Å²) in [7, 11) is 2.24. The molecule has 5 nitrogen and oxygen atoms in total. The number of aromatic nitrogens is 2. The molecule has 1 N–H and O–H groups in total. The lowest BCUT2D eigenvalue weighted by Gasteiger charge is -2.30. The van der Waals surface area contributed by atoms with E-state index in [0.717, 1.165) is 74.3 Å². The highest BCUT2D eigenvalue weighted by atomic mass is 15.2. The summed E-state index contributed by atoms with van der Waals surface area (Å²) in [6.45, 7) is 16.6. The van der Waals surface area contributed by atoms with Crippen LogP contribution in [0.3, 0.4) is 0 Å². The molecule has 37 heavy (non-hydrogen) atoms. The van der Waals surface area contributed by atoms with Gasteiger partial charge in [0.1, 0.15) is 5.71 Å². The Labute approximate surface area is 225 Å². The third-order valence-electron chi connectivity index (χ3n) is 8.98. The standard InChI is InChI=1S/C32H49N5/c1-6-13-29(24(3)28-16-9-8-14-23(28)2)31(33)32-34-26(17-18-27-15-12-19-36(27)5)22-30(35-32)25(4)37-20-10-7-11-21-37/h22,27-28,33H,2,4,6-21H2,1,3,5H3/b29-24+,33-31?/t27-,28-/m0/s1. The van der Waals surface area contributed by atoms with Gasteiger partial charge in [-0.15, -0.1) is 0 Å². The molecule has 0 unspecified atom stereocenters. The minimum Gasteiger partial charge on any atom is -0.370 e. The Morgan fingerprint density at radius 1 is 1.05 bits per heavy atom. The summed E-state index contributed by atoms with van der Waals surface area (Å²) in [4.78, 5) is 14.9. The van der Waals surface area contributed by atoms with Crippen molar-refractivity contribution in [2.24, 2.45) is 5.92 Å². The summed E-state index contributed by atoms with van der Waals surface area (Å²) in [5, 5.41) is 9.35. The molecule has 0 amide bonds. The van der Waals surface area contributed by atoms with Gasteiger partial charge in [-0.3, -0.25) is 5.41 Å². The zero-order valence-corrected chi connectivity index (χ0v) is 23.7. The van der Waals surface area contributed by atoms with Crippen molar-refractivity contribution >= 4 is 11.4 Å². The molecule has 0 radical (unpaired) electrons. The number of piperidine rings is 1. The van der Waals surface area contributed by atoms with Crippen molar-refractivity contribution in [1.29, 1.82) is 5.41 Å². The van der Waals surface area contributed by atoms with Gasteiger partial charge in [0.05, 0.1) is 11.4 Å². The van der Waals surface area contributed by atoms with Crippen LogP contribution >= 0.6 is 0 Å². The normalized spacial score (nSPS) is 23.8. The Hall–Kier alpha value is -2.27. The van der Waals surface area contributed by atoms with Gasteiger partial charge < -0.3 is 9.80 Å². The molecule has 0 aromatic carbocycles. The molecule has 1 aromatic heterocycles. The lowest BCUT2D eigenvalue weighted by atomic mass is 9.78. The summed E-state index contributed by atoms with van der Waals surface area (Å²) in [5.74, 6) is 0.967. The maximum atomic E-state index is 9.35. The van der Waals surface area contributed by atoms with Crippen molar-refractivity contribution in [3.8, 4) is 0 Å². The summed E-state index contributed by atoms with van der Waals surface area (Å²) in [5.41, 5.74) is 7.23. The Morgan fingerprint density at radius 2 is 1.84 bits per heavy atom. The van der Waals surface area contributed by atoms with Crippen LogP contribution in [0.4, 0.5) is 0 Å². The molecular formula is C32H49N5. The molecule has 2 saturated heterocycles. The van der Waals surface area contributed by atoms with Crippen molar-refractivity contribution in [3.05, 3.63) is 53.2 Å². The second kappa shape index (κ2) is 13.0. The first-order chi connectivity index (χ1) is 17.9. The van der Waals surface area contributed by atoms with Crippen LogP contribution in [-0.2, 0) is 6.42 Å². The van der Waals surface area contributed by atoms with E-state index in [2.05, 4.69) is 49.9 Å². The molecule has 2 aliphatic heterocycles. The van der Waals surface area contributed by atoms with Crippen molar-refractivity contribution in [3.63, 3.8) is 0 Å². The lowest BCUT2D eigenvalue weighted by molar-refractivity contribution is 0.296. The van der Waals surface area contributed by atoms with Gasteiger partial charge in [-0.05, 0) is 103 Å². The van der Waals surface area contributed by atoms with E-state index < -0.39 is 0 Å². The monoisotopic (exact) mass is 503 g/mol. The second-order valence-electron chi connectivity index (χ2n) is 11.6. The molecular weight excluding hydrogens is 454 g/mol. The number of likely N-dealkylation sites (tertiary alicyclic amines) is 2. The summed E-state index contributed by atoms with van der Waals surface area (Å²) in [6.07, 6.45) is 14.9. The maximum Gasteiger partial charge on any atom is 0.178 e. The van der Waals surface area contributed by atoms with Crippen molar-refractivity contribution in [2.45, 2.75) is 103 Å². The van der Waals surface area contributed by atoms with Crippen LogP contribution in [0.25, 0.3) is 5.70 Å². The van der Waals surface area contributed by atoms with Gasteiger partial charge >= 0.3 is 0 Å². The molecule has 3 aliphatic rings. The fourth-order valence-corrected chi connectivity index (χ4v) is 6.59. The number of nitrogens with zero attached hydrogens (tertiary/aromatic N) is 4. The van der Waals surface area contributed by atoms with Gasteiger partial charge in [-0.1, -0.05) is 44.1 Å². The first-order valence-corrected chi connectivity index (χ1v) is 14.9. The fourth-order valence-electron chi connectivity index (χ4n) is 6.59. The lowest BCUT2D eigenvalue weighted by Crippen LogP contribution is -2.29. The van der Waals surface area contributed by atoms with E-state index in [1.165, 1.54) is 62.6 Å². The maximum absolute atomic E-state index is 9.35. The SMILES string of the molecule is C=C1CCCC[C@@H]1/C(C)=C(\CCC)C(=N)c1nc(CC[C@@H]2CCCN2C)cc(C(=C)N2CCCCC2)n1. The third kappa shape index (κ3) is 6.79. The van der Waals surface area contributed by atoms with Crippen LogP contribution in [0.1, 0.15) is 108 Å². The number of hydrogen-bond acceptors (Lipinski definition) is 5. The third-order valence-corrected chi connectivity index (χ3v) is 8.98. The molecule has 5 heteroatoms. The van der Waals surface area contributed by atoms with Gasteiger partial charge in [0.2, 0.25) is 0 Å². The quantitative estimate of drug-likeness (QED) is 0.271. The zero-order valence-electron chi connectivity index (χ0n) is 23.7. The van der Waals surface area contributed by atoms with Crippen molar-refractivity contribution < 1.29 is 0 Å². The zero-order chi connectivity index (χ0) is 26.4. The molecule has 1 aromatic rings. The van der Waals surface area contributed by atoms with E-state index in [1.807, 2.05) is 0 Å². The number of rotatable bonds is 10. The van der Waals surface area contributed by atoms with E-state index in [1.54, 1.807) is 0 Å². The summed E-state index contributed by atoms with van der Waals surface area (Å²) >= 11 is 0. The molecule has 202 valence electrons. The van der Waals surface area contributed by atoms with Gasteiger partial charge in [0.25, 0.3) is 0 Å². The minimum atomic E-state index is 0.388. The highest BCUT2D eigenvalue weighted by Crippen LogP contribution is 2.36. The molecule has 2 atom stereocenters. The largest absolute Gasteiger partial charge is 0.370 e. The first kappa shape index (κ1) is 27.8. The smallest absolute Gasteiger partial charge is 0.178 e. The minimum absolute atomic E-state index is 0.388. The van der Waals surface area contributed by atoms with E-state index in [4.69, 9.17) is 9.97 Å². The summed E-state index contributed by atoms with van der Waals surface area (Å²) in [6, 6.07) is 2.78. The molecule has 0 spiro atoms. The highest BCUT2D eigenvalue weighted by Gasteiger charge is 2.26. The molecule has 0 bridgehead atoms. The van der Waals surface area contributed by atoms with Gasteiger partial charge in [-0.2, -0.15) is 0 Å². The van der Waals surface area contributed by atoms with Crippen LogP contribution in [-0.4, -0.2) is 58.2 Å². The van der Waals surface area contributed by atoms with Gasteiger partial charge in [-0.25, -0.2) is 9.97 Å². The summed E-state index contributed by atoms with van der Waals surface area (Å²) < 4.78 is 0. The molecule has 3 fully saturated rings. The molecule has 1 saturated carbocycles. The van der Waals surface area contributed by atoms with Crippen LogP contribution < -0.4 is 0 Å². The van der Waals surface area contributed by atoms with Crippen LogP contribution in [0.2, 0.25) is 0 Å². The van der Waals surface area contributed by atoms with Crippen LogP contribution in [0.5, 0.6) is 0 Å². The van der Waals surface area contributed by atoms with E-state index >= 15 is 0 Å². The first-order valence-electron chi connectivity index (χ1n) is 14.9. The Morgan fingerprint density at radius 3 is 2.51 bits per heavy atom. The average molecular weight is 504 g/mol. The predicted molar refractivity (Wildman–Crippen MR) is 156 cm³/mol. The van der Waals surface area contributed by atoms with E-state index in [0.29, 0.717) is 23.5 Å². The van der Waals surface area contributed by atoms with Gasteiger partial charge in [0.15, 0.2) is 5.82 Å². The molecule has 3 heterocycles. The molecule has 1 aliphatic carbocycles. The second-order valence-corrected chi connectivity index (χ2v) is 11.6. The van der Waals surface area contributed by atoms with Gasteiger partial charge in [0, 0.05) is 30.7 Å². The number of allylic oxidation sites excluding steroid dienone is 3. The Kier molecular flexibility index (Phi) is 9.75. The van der Waals surface area contributed by atoms with Crippen molar-refractivity contribution in [1.82, 2.24) is 19.8 Å². The van der Waals surface area contributed by atoms with Crippen LogP contribution in [0, 0.1) is 11.3 Å². The van der Waals surface area contributed by atoms with Crippen molar-refractivity contribution in [2.75, 3.05) is 26.7 Å². The highest BCUT2D eigenvalue weighted by molar-refractivity contribution is 6.08. The average Bonchev–Trinajstić information content (AvgIpc) is 3.34. The Balaban J connectivity index is 1.66. The Bertz CT molecular complexity index is 1020. The number of hydrogen-bond donors (Lipinski definition) is 1. The topological polar surface area (TPSA) is 56.1 Å². The number of nitrogens with one attached hydrogen (secondary N) is 1. The predicted octanol–water partition coefficient (Wildman–Crippen LogP) is 7.19. The fraction of sp³-hybridized carbons (Fsp3) is 0.656. The van der Waals surface area contributed by atoms with E-state index in [-0.39, 0.29) is 0 Å². The van der Waals surface area contributed by atoms with E-state index in [9.17, 15) is 5.41 Å². The van der Waals surface area contributed by atoms with Crippen LogP contribution in [0.15, 0.2) is 35.9 Å².